The average molecular weight is 372 g/mol. The summed E-state index contributed by atoms with van der Waals surface area (Å²) in [5.41, 5.74) is 0. The van der Waals surface area contributed by atoms with E-state index in [4.69, 9.17) is 4.98 Å². The third-order valence-electron chi connectivity index (χ3n) is 6.80. The summed E-state index contributed by atoms with van der Waals surface area (Å²) >= 11 is 0. The van der Waals surface area contributed by atoms with Crippen LogP contribution in [0.5, 0.6) is 0 Å². The first-order chi connectivity index (χ1) is 13.1. The highest BCUT2D eigenvalue weighted by molar-refractivity contribution is 5.43. The van der Waals surface area contributed by atoms with Crippen molar-refractivity contribution in [1.82, 2.24) is 19.8 Å². The lowest BCUT2D eigenvalue weighted by atomic mass is 9.95. The van der Waals surface area contributed by atoms with E-state index in [1.165, 1.54) is 77.1 Å². The van der Waals surface area contributed by atoms with Gasteiger partial charge in [-0.25, -0.2) is 9.97 Å². The summed E-state index contributed by atoms with van der Waals surface area (Å²) in [5, 5.41) is 0. The van der Waals surface area contributed by atoms with Crippen molar-refractivity contribution in [1.29, 1.82) is 0 Å². The molecule has 5 heteroatoms. The average Bonchev–Trinajstić information content (AvgIpc) is 2.93. The van der Waals surface area contributed by atoms with Crippen LogP contribution >= 0.6 is 0 Å². The van der Waals surface area contributed by atoms with Crippen LogP contribution in [0.1, 0.15) is 64.1 Å². The number of hydrogen-bond donors (Lipinski definition) is 0. The molecule has 2 bridgehead atoms. The van der Waals surface area contributed by atoms with Gasteiger partial charge in [0.25, 0.3) is 0 Å². The summed E-state index contributed by atoms with van der Waals surface area (Å²) in [6, 6.07) is 3.42. The van der Waals surface area contributed by atoms with Crippen LogP contribution < -0.4 is 4.90 Å². The molecular formula is C22H37N5. The highest BCUT2D eigenvalue weighted by Gasteiger charge is 2.39. The van der Waals surface area contributed by atoms with Crippen LogP contribution in [0.4, 0.5) is 5.82 Å². The lowest BCUT2D eigenvalue weighted by Crippen LogP contribution is -2.52. The minimum Gasteiger partial charge on any atom is -0.348 e. The van der Waals surface area contributed by atoms with Crippen molar-refractivity contribution in [3.63, 3.8) is 0 Å². The monoisotopic (exact) mass is 371 g/mol. The summed E-state index contributed by atoms with van der Waals surface area (Å²) < 4.78 is 0. The molecule has 0 spiro atoms. The molecule has 2 unspecified atom stereocenters. The molecule has 0 amide bonds. The Bertz CT molecular complexity index is 596. The van der Waals surface area contributed by atoms with Crippen molar-refractivity contribution in [2.24, 2.45) is 5.92 Å². The van der Waals surface area contributed by atoms with Gasteiger partial charge in [-0.05, 0) is 77.2 Å². The number of rotatable bonds is 6. The predicted octanol–water partition coefficient (Wildman–Crippen LogP) is 3.38. The Morgan fingerprint density at radius 2 is 1.78 bits per heavy atom. The zero-order valence-electron chi connectivity index (χ0n) is 17.5. The molecule has 4 heterocycles. The number of anilines is 1. The Morgan fingerprint density at radius 1 is 1.07 bits per heavy atom. The van der Waals surface area contributed by atoms with Crippen molar-refractivity contribution < 1.29 is 0 Å². The molecule has 3 aliphatic rings. The fourth-order valence-corrected chi connectivity index (χ4v) is 5.33. The van der Waals surface area contributed by atoms with E-state index in [-0.39, 0.29) is 0 Å². The number of aromatic nitrogens is 2. The van der Waals surface area contributed by atoms with Gasteiger partial charge in [0, 0.05) is 37.3 Å². The normalized spacial score (nSPS) is 27.6. The number of hydrogen-bond acceptors (Lipinski definition) is 5. The van der Waals surface area contributed by atoms with Crippen LogP contribution in [0.25, 0.3) is 0 Å². The van der Waals surface area contributed by atoms with Crippen molar-refractivity contribution in [3.8, 4) is 0 Å². The SMILES string of the molecule is CC(C)CCCN1CCC(c2nccc(N3C4CCC3CN(C)C4)n2)CC1. The van der Waals surface area contributed by atoms with Crippen LogP contribution in [0.15, 0.2) is 12.3 Å². The van der Waals surface area contributed by atoms with Crippen LogP contribution in [-0.2, 0) is 0 Å². The highest BCUT2D eigenvalue weighted by atomic mass is 15.3. The van der Waals surface area contributed by atoms with E-state index in [1.807, 2.05) is 6.20 Å². The second kappa shape index (κ2) is 8.44. The third kappa shape index (κ3) is 4.45. The van der Waals surface area contributed by atoms with E-state index >= 15 is 0 Å². The molecule has 0 aromatic carbocycles. The fourth-order valence-electron chi connectivity index (χ4n) is 5.33. The zero-order valence-corrected chi connectivity index (χ0v) is 17.5. The Kier molecular flexibility index (Phi) is 5.98. The third-order valence-corrected chi connectivity index (χ3v) is 6.80. The van der Waals surface area contributed by atoms with Gasteiger partial charge in [0.1, 0.15) is 11.6 Å². The van der Waals surface area contributed by atoms with Crippen LogP contribution in [0, 0.1) is 5.92 Å². The summed E-state index contributed by atoms with van der Waals surface area (Å²) in [4.78, 5) is 17.5. The Morgan fingerprint density at radius 3 is 2.44 bits per heavy atom. The van der Waals surface area contributed by atoms with Gasteiger partial charge in [-0.2, -0.15) is 0 Å². The van der Waals surface area contributed by atoms with Gasteiger partial charge in [0.2, 0.25) is 0 Å². The lowest BCUT2D eigenvalue weighted by molar-refractivity contribution is 0.203. The first-order valence-corrected chi connectivity index (χ1v) is 11.1. The van der Waals surface area contributed by atoms with Crippen molar-refractivity contribution in [2.75, 3.05) is 44.7 Å². The van der Waals surface area contributed by atoms with E-state index < -0.39 is 0 Å². The minimum atomic E-state index is 0.538. The number of fused-ring (bicyclic) bond motifs is 2. The first kappa shape index (κ1) is 19.1. The van der Waals surface area contributed by atoms with E-state index in [2.05, 4.69) is 46.6 Å². The van der Waals surface area contributed by atoms with Gasteiger partial charge >= 0.3 is 0 Å². The molecule has 2 atom stereocenters. The van der Waals surface area contributed by atoms with E-state index in [9.17, 15) is 0 Å². The number of piperidine rings is 1. The van der Waals surface area contributed by atoms with Gasteiger partial charge in [-0.1, -0.05) is 13.8 Å². The van der Waals surface area contributed by atoms with Crippen LogP contribution in [0.3, 0.4) is 0 Å². The largest absolute Gasteiger partial charge is 0.348 e. The number of piperazine rings is 1. The molecular weight excluding hydrogens is 334 g/mol. The second-order valence-electron chi connectivity index (χ2n) is 9.44. The molecule has 150 valence electrons. The molecule has 4 rings (SSSR count). The molecule has 1 aromatic rings. The molecule has 0 saturated carbocycles. The Hall–Kier alpha value is -1.20. The fraction of sp³-hybridized carbons (Fsp3) is 0.818. The number of nitrogens with zero attached hydrogens (tertiary/aromatic N) is 5. The van der Waals surface area contributed by atoms with Crippen LogP contribution in [-0.4, -0.2) is 71.6 Å². The molecule has 3 saturated heterocycles. The van der Waals surface area contributed by atoms with E-state index in [0.29, 0.717) is 18.0 Å². The lowest BCUT2D eigenvalue weighted by Gasteiger charge is -2.40. The highest BCUT2D eigenvalue weighted by Crippen LogP contribution is 2.34. The minimum absolute atomic E-state index is 0.538. The standard InChI is InChI=1S/C22H37N5/c1-17(2)5-4-12-26-13-9-18(10-14-26)22-23-11-8-21(24-22)27-19-6-7-20(27)16-25(3)15-19/h8,11,17-20H,4-7,9-10,12-16H2,1-3H3. The van der Waals surface area contributed by atoms with Crippen molar-refractivity contribution >= 4 is 5.82 Å². The Balaban J connectivity index is 1.35. The van der Waals surface area contributed by atoms with Crippen molar-refractivity contribution in [2.45, 2.75) is 70.4 Å². The number of likely N-dealkylation sites (N-methyl/N-ethyl adjacent to an activating group) is 1. The van der Waals surface area contributed by atoms with Gasteiger partial charge in [0.05, 0.1) is 0 Å². The smallest absolute Gasteiger partial charge is 0.133 e. The van der Waals surface area contributed by atoms with Crippen LogP contribution in [0.2, 0.25) is 0 Å². The maximum absolute atomic E-state index is 5.07. The van der Waals surface area contributed by atoms with Gasteiger partial charge < -0.3 is 14.7 Å². The second-order valence-corrected chi connectivity index (χ2v) is 9.44. The van der Waals surface area contributed by atoms with Gasteiger partial charge in [-0.3, -0.25) is 0 Å². The van der Waals surface area contributed by atoms with Gasteiger partial charge in [0.15, 0.2) is 0 Å². The molecule has 5 nitrogen and oxygen atoms in total. The predicted molar refractivity (Wildman–Crippen MR) is 111 cm³/mol. The molecule has 27 heavy (non-hydrogen) atoms. The Labute approximate surface area is 165 Å². The summed E-state index contributed by atoms with van der Waals surface area (Å²) in [5.74, 6) is 3.63. The molecule has 3 aliphatic heterocycles. The number of likely N-dealkylation sites (tertiary alicyclic amines) is 2. The molecule has 0 radical (unpaired) electrons. The molecule has 1 aromatic heterocycles. The summed E-state index contributed by atoms with van der Waals surface area (Å²) in [6.45, 7) is 10.7. The quantitative estimate of drug-likeness (QED) is 0.766. The first-order valence-electron chi connectivity index (χ1n) is 11.1. The molecule has 0 aliphatic carbocycles. The summed E-state index contributed by atoms with van der Waals surface area (Å²) in [6.07, 6.45) is 9.72. The van der Waals surface area contributed by atoms with Crippen molar-refractivity contribution in [3.05, 3.63) is 18.1 Å². The summed E-state index contributed by atoms with van der Waals surface area (Å²) in [7, 11) is 2.25. The van der Waals surface area contributed by atoms with E-state index in [1.54, 1.807) is 0 Å². The zero-order chi connectivity index (χ0) is 18.8. The molecule has 3 fully saturated rings. The molecule has 0 N–H and O–H groups in total. The maximum Gasteiger partial charge on any atom is 0.133 e. The topological polar surface area (TPSA) is 35.5 Å². The van der Waals surface area contributed by atoms with E-state index in [0.717, 1.165) is 11.7 Å². The maximum atomic E-state index is 5.07. The van der Waals surface area contributed by atoms with Gasteiger partial charge in [-0.15, -0.1) is 0 Å².